The predicted molar refractivity (Wildman–Crippen MR) is 125 cm³/mol. The summed E-state index contributed by atoms with van der Waals surface area (Å²) < 4.78 is 5.48. The Kier molecular flexibility index (Phi) is 6.83. The van der Waals surface area contributed by atoms with E-state index in [1.54, 1.807) is 7.11 Å². The van der Waals surface area contributed by atoms with Crippen molar-refractivity contribution in [3.05, 3.63) is 101 Å². The highest BCUT2D eigenvalue weighted by molar-refractivity contribution is 6.31. The summed E-state index contributed by atoms with van der Waals surface area (Å²) in [4.78, 5) is 7.36. The summed E-state index contributed by atoms with van der Waals surface area (Å²) in [7, 11) is 1.71. The Labute approximate surface area is 184 Å². The summed E-state index contributed by atoms with van der Waals surface area (Å²) in [6.07, 6.45) is 4.08. The molecule has 1 heterocycles. The van der Waals surface area contributed by atoms with Crippen LogP contribution in [0.25, 0.3) is 0 Å². The quantitative estimate of drug-likeness (QED) is 0.457. The maximum Gasteiger partial charge on any atom is 0.119 e. The zero-order chi connectivity index (χ0) is 20.8. The van der Waals surface area contributed by atoms with Crippen molar-refractivity contribution in [3.8, 4) is 5.75 Å². The van der Waals surface area contributed by atoms with Crippen LogP contribution in [0.15, 0.2) is 83.9 Å². The molecule has 3 aromatic carbocycles. The van der Waals surface area contributed by atoms with Crippen molar-refractivity contribution in [2.45, 2.75) is 24.9 Å². The third kappa shape index (κ3) is 4.92. The van der Waals surface area contributed by atoms with E-state index in [2.05, 4.69) is 47.4 Å². The highest BCUT2D eigenvalue weighted by Gasteiger charge is 2.28. The van der Waals surface area contributed by atoms with Gasteiger partial charge in [-0.15, -0.1) is 0 Å². The van der Waals surface area contributed by atoms with Crippen LogP contribution < -0.4 is 4.74 Å². The van der Waals surface area contributed by atoms with Crippen LogP contribution in [-0.4, -0.2) is 37.4 Å². The molecule has 0 saturated carbocycles. The number of likely N-dealkylation sites (tertiary alicyclic amines) is 1. The molecule has 1 atom stereocenters. The van der Waals surface area contributed by atoms with Gasteiger partial charge in [0, 0.05) is 24.3 Å². The molecule has 0 N–H and O–H groups in total. The molecule has 1 fully saturated rings. The van der Waals surface area contributed by atoms with Crippen LogP contribution in [0.3, 0.4) is 0 Å². The monoisotopic (exact) mass is 418 g/mol. The van der Waals surface area contributed by atoms with Gasteiger partial charge in [0.1, 0.15) is 5.75 Å². The standard InChI is InChI=1S/C26H27ClN2O/c1-30-23-11-7-10-21(18-23)26(24-12-5-6-13-25(24)27)29-16-14-22(15-17-29)28-19-20-8-3-2-4-9-20/h2-13,18-19,22,26H,14-17H2,1H3. The summed E-state index contributed by atoms with van der Waals surface area (Å²) in [5.74, 6) is 0.868. The van der Waals surface area contributed by atoms with Gasteiger partial charge in [0.15, 0.2) is 0 Å². The van der Waals surface area contributed by atoms with E-state index in [1.165, 1.54) is 5.56 Å². The van der Waals surface area contributed by atoms with E-state index in [-0.39, 0.29) is 6.04 Å². The highest BCUT2D eigenvalue weighted by Crippen LogP contribution is 2.36. The first-order valence-corrected chi connectivity index (χ1v) is 10.8. The number of benzene rings is 3. The van der Waals surface area contributed by atoms with Gasteiger partial charge in [0.2, 0.25) is 0 Å². The van der Waals surface area contributed by atoms with Crippen molar-refractivity contribution in [2.75, 3.05) is 20.2 Å². The van der Waals surface area contributed by atoms with E-state index in [4.69, 9.17) is 21.3 Å². The summed E-state index contributed by atoms with van der Waals surface area (Å²) in [5.41, 5.74) is 3.50. The summed E-state index contributed by atoms with van der Waals surface area (Å²) in [5, 5.41) is 0.801. The molecule has 1 saturated heterocycles. The van der Waals surface area contributed by atoms with Crippen LogP contribution in [-0.2, 0) is 0 Å². The lowest BCUT2D eigenvalue weighted by atomic mass is 9.93. The van der Waals surface area contributed by atoms with Gasteiger partial charge in [-0.2, -0.15) is 0 Å². The van der Waals surface area contributed by atoms with Crippen LogP contribution in [0.1, 0.15) is 35.6 Å². The first-order chi connectivity index (χ1) is 14.7. The van der Waals surface area contributed by atoms with Gasteiger partial charge in [-0.3, -0.25) is 9.89 Å². The van der Waals surface area contributed by atoms with Gasteiger partial charge in [0.05, 0.1) is 19.2 Å². The summed E-state index contributed by atoms with van der Waals surface area (Å²) in [6, 6.07) is 27.2. The largest absolute Gasteiger partial charge is 0.497 e. The minimum Gasteiger partial charge on any atom is -0.497 e. The molecule has 3 aromatic rings. The Balaban J connectivity index is 1.54. The van der Waals surface area contributed by atoms with Gasteiger partial charge in [-0.1, -0.05) is 72.3 Å². The summed E-state index contributed by atoms with van der Waals surface area (Å²) in [6.45, 7) is 1.95. The van der Waals surface area contributed by atoms with E-state index in [9.17, 15) is 0 Å². The second-order valence-corrected chi connectivity index (χ2v) is 8.06. The lowest BCUT2D eigenvalue weighted by Gasteiger charge is -2.37. The molecule has 3 nitrogen and oxygen atoms in total. The van der Waals surface area contributed by atoms with Gasteiger partial charge in [0.25, 0.3) is 0 Å². The van der Waals surface area contributed by atoms with Crippen molar-refractivity contribution < 1.29 is 4.74 Å². The molecule has 0 radical (unpaired) electrons. The van der Waals surface area contributed by atoms with Crippen LogP contribution in [0.5, 0.6) is 5.75 Å². The molecule has 0 aliphatic carbocycles. The maximum absolute atomic E-state index is 6.63. The lowest BCUT2D eigenvalue weighted by Crippen LogP contribution is -2.38. The molecule has 154 valence electrons. The molecule has 4 rings (SSSR count). The number of ether oxygens (including phenoxy) is 1. The first-order valence-electron chi connectivity index (χ1n) is 10.5. The Morgan fingerprint density at radius 3 is 2.43 bits per heavy atom. The number of aliphatic imine (C=N–C) groups is 1. The van der Waals surface area contributed by atoms with Crippen molar-refractivity contribution >= 4 is 17.8 Å². The van der Waals surface area contributed by atoms with E-state index < -0.39 is 0 Å². The third-order valence-electron chi connectivity index (χ3n) is 5.71. The molecule has 0 amide bonds. The molecule has 30 heavy (non-hydrogen) atoms. The second-order valence-electron chi connectivity index (χ2n) is 7.66. The fraction of sp³-hybridized carbons (Fsp3) is 0.269. The number of piperidine rings is 1. The van der Waals surface area contributed by atoms with Crippen LogP contribution in [0.4, 0.5) is 0 Å². The van der Waals surface area contributed by atoms with Gasteiger partial charge in [-0.05, 0) is 47.7 Å². The number of halogens is 1. The smallest absolute Gasteiger partial charge is 0.119 e. The molecule has 0 spiro atoms. The lowest BCUT2D eigenvalue weighted by molar-refractivity contribution is 0.175. The predicted octanol–water partition coefficient (Wildman–Crippen LogP) is 6.02. The Bertz CT molecular complexity index is 981. The fourth-order valence-electron chi connectivity index (χ4n) is 4.12. The van der Waals surface area contributed by atoms with Crippen molar-refractivity contribution in [1.82, 2.24) is 4.90 Å². The zero-order valence-electron chi connectivity index (χ0n) is 17.2. The number of methoxy groups -OCH3 is 1. The minimum atomic E-state index is 0.104. The Morgan fingerprint density at radius 1 is 0.967 bits per heavy atom. The molecular weight excluding hydrogens is 392 g/mol. The van der Waals surface area contributed by atoms with E-state index >= 15 is 0 Å². The fourth-order valence-corrected chi connectivity index (χ4v) is 4.36. The average Bonchev–Trinajstić information content (AvgIpc) is 2.81. The highest BCUT2D eigenvalue weighted by atomic mass is 35.5. The number of hydrogen-bond donors (Lipinski definition) is 0. The summed E-state index contributed by atoms with van der Waals surface area (Å²) >= 11 is 6.63. The van der Waals surface area contributed by atoms with E-state index in [0.29, 0.717) is 6.04 Å². The first kappa shape index (κ1) is 20.6. The van der Waals surface area contributed by atoms with Gasteiger partial charge < -0.3 is 4.74 Å². The molecule has 0 bridgehead atoms. The Morgan fingerprint density at radius 2 is 1.70 bits per heavy atom. The average molecular weight is 419 g/mol. The molecule has 1 aliphatic rings. The number of nitrogens with zero attached hydrogens (tertiary/aromatic N) is 2. The van der Waals surface area contributed by atoms with Crippen LogP contribution in [0, 0.1) is 0 Å². The molecular formula is C26H27ClN2O. The molecule has 4 heteroatoms. The van der Waals surface area contributed by atoms with E-state index in [0.717, 1.165) is 47.8 Å². The SMILES string of the molecule is COc1cccc(C(c2ccccc2Cl)N2CCC(N=Cc3ccccc3)CC2)c1. The van der Waals surface area contributed by atoms with Crippen molar-refractivity contribution in [1.29, 1.82) is 0 Å². The third-order valence-corrected chi connectivity index (χ3v) is 6.05. The number of hydrogen-bond acceptors (Lipinski definition) is 3. The molecule has 0 aromatic heterocycles. The van der Waals surface area contributed by atoms with Gasteiger partial charge in [-0.25, -0.2) is 0 Å². The van der Waals surface area contributed by atoms with Crippen molar-refractivity contribution in [3.63, 3.8) is 0 Å². The molecule has 1 unspecified atom stereocenters. The van der Waals surface area contributed by atoms with Gasteiger partial charge >= 0.3 is 0 Å². The van der Waals surface area contributed by atoms with E-state index in [1.807, 2.05) is 42.6 Å². The minimum absolute atomic E-state index is 0.104. The molecule has 1 aliphatic heterocycles. The topological polar surface area (TPSA) is 24.8 Å². The number of rotatable bonds is 6. The Hall–Kier alpha value is -2.62. The zero-order valence-corrected chi connectivity index (χ0v) is 18.0. The van der Waals surface area contributed by atoms with Crippen LogP contribution in [0.2, 0.25) is 5.02 Å². The van der Waals surface area contributed by atoms with Crippen molar-refractivity contribution in [2.24, 2.45) is 4.99 Å². The second kappa shape index (κ2) is 9.92. The van der Waals surface area contributed by atoms with Crippen LogP contribution >= 0.6 is 11.6 Å². The normalized spacial score (nSPS) is 16.6. The maximum atomic E-state index is 6.63.